The number of nitrogens with zero attached hydrogens (tertiary/aromatic N) is 3. The Kier molecular flexibility index (Phi) is 6.69. The summed E-state index contributed by atoms with van der Waals surface area (Å²) in [5.41, 5.74) is 3.99. The van der Waals surface area contributed by atoms with E-state index in [9.17, 15) is 18.7 Å². The highest BCUT2D eigenvalue weighted by Gasteiger charge is 2.50. The molecule has 4 heterocycles. The van der Waals surface area contributed by atoms with Crippen molar-refractivity contribution in [3.05, 3.63) is 71.2 Å². The van der Waals surface area contributed by atoms with E-state index >= 15 is 0 Å². The maximum atomic E-state index is 13.7. The van der Waals surface area contributed by atoms with E-state index in [1.54, 1.807) is 11.1 Å². The standard InChI is InChI=1S/C29H32F2N4O3/c1-5-35-25-22(28(3)9-11-38-16-23(28)27(35)37)12-19(15-33-25)21-14-20(7-6-17(21)2)34-26(36)18-8-10-32-24(13-18)29(4,30)31/h6-8,10,12-15,23,26,34,36H,5,9,11,16H2,1-4H3. The normalized spacial score (nSPS) is 22.0. The van der Waals surface area contributed by atoms with Gasteiger partial charge in [0, 0.05) is 60.3 Å². The summed E-state index contributed by atoms with van der Waals surface area (Å²) < 4.78 is 33.1. The zero-order chi connectivity index (χ0) is 27.2. The lowest BCUT2D eigenvalue weighted by Crippen LogP contribution is -2.55. The number of amides is 1. The van der Waals surface area contributed by atoms with E-state index in [-0.39, 0.29) is 22.8 Å². The number of carbonyl (C=O) groups is 1. The number of aliphatic hydroxyl groups is 1. The van der Waals surface area contributed by atoms with Crippen LogP contribution in [0.2, 0.25) is 0 Å². The number of aliphatic hydroxyl groups excluding tert-OH is 1. The maximum absolute atomic E-state index is 13.7. The quantitative estimate of drug-likeness (QED) is 0.426. The number of alkyl halides is 2. The summed E-state index contributed by atoms with van der Waals surface area (Å²) in [7, 11) is 0. The van der Waals surface area contributed by atoms with E-state index in [1.807, 2.05) is 32.0 Å². The van der Waals surface area contributed by atoms with Gasteiger partial charge in [-0.1, -0.05) is 13.0 Å². The SMILES string of the molecule is CCN1C(=O)C2COCCC2(C)c2cc(-c3cc(NC(O)c4ccnc(C(C)(F)F)c4)ccc3C)cnc21. The number of aromatic nitrogens is 2. The Morgan fingerprint density at radius 1 is 1.26 bits per heavy atom. The van der Waals surface area contributed by atoms with Crippen LogP contribution in [0.15, 0.2) is 48.8 Å². The highest BCUT2D eigenvalue weighted by Crippen LogP contribution is 2.48. The molecular formula is C29H32F2N4O3. The number of benzene rings is 1. The molecule has 7 nitrogen and oxygen atoms in total. The number of nitrogens with one attached hydrogen (secondary N) is 1. The van der Waals surface area contributed by atoms with Crippen molar-refractivity contribution >= 4 is 17.4 Å². The summed E-state index contributed by atoms with van der Waals surface area (Å²) in [4.78, 5) is 23.5. The van der Waals surface area contributed by atoms with Crippen LogP contribution < -0.4 is 10.2 Å². The van der Waals surface area contributed by atoms with Crippen molar-refractivity contribution in [3.8, 4) is 11.1 Å². The Bertz CT molecular complexity index is 1380. The van der Waals surface area contributed by atoms with Crippen LogP contribution in [0.3, 0.4) is 0 Å². The van der Waals surface area contributed by atoms with E-state index in [1.165, 1.54) is 18.3 Å². The highest BCUT2D eigenvalue weighted by atomic mass is 19.3. The Morgan fingerprint density at radius 2 is 2.05 bits per heavy atom. The number of rotatable bonds is 6. The van der Waals surface area contributed by atoms with E-state index < -0.39 is 17.8 Å². The van der Waals surface area contributed by atoms with Crippen LogP contribution in [0.5, 0.6) is 0 Å². The smallest absolute Gasteiger partial charge is 0.286 e. The summed E-state index contributed by atoms with van der Waals surface area (Å²) in [5, 5.41) is 13.8. The lowest BCUT2D eigenvalue weighted by atomic mass is 9.66. The summed E-state index contributed by atoms with van der Waals surface area (Å²) in [6, 6.07) is 10.5. The van der Waals surface area contributed by atoms with Crippen molar-refractivity contribution in [2.45, 2.75) is 51.7 Å². The zero-order valence-electron chi connectivity index (χ0n) is 22.0. The lowest BCUT2D eigenvalue weighted by molar-refractivity contribution is -0.131. The fourth-order valence-electron chi connectivity index (χ4n) is 5.47. The molecule has 1 fully saturated rings. The van der Waals surface area contributed by atoms with Gasteiger partial charge in [-0.3, -0.25) is 14.7 Å². The van der Waals surface area contributed by atoms with Gasteiger partial charge >= 0.3 is 0 Å². The van der Waals surface area contributed by atoms with Crippen LogP contribution in [0.1, 0.15) is 55.8 Å². The van der Waals surface area contributed by atoms with Crippen LogP contribution in [0.4, 0.5) is 20.3 Å². The van der Waals surface area contributed by atoms with Crippen LogP contribution >= 0.6 is 0 Å². The largest absolute Gasteiger partial charge is 0.381 e. The molecule has 2 aliphatic heterocycles. The predicted octanol–water partition coefficient (Wildman–Crippen LogP) is 5.33. The van der Waals surface area contributed by atoms with Gasteiger partial charge in [-0.25, -0.2) is 4.98 Å². The van der Waals surface area contributed by atoms with E-state index in [2.05, 4.69) is 23.3 Å². The molecule has 1 saturated heterocycles. The molecule has 0 saturated carbocycles. The maximum Gasteiger partial charge on any atom is 0.286 e. The number of halogens is 2. The predicted molar refractivity (Wildman–Crippen MR) is 141 cm³/mol. The third-order valence-electron chi connectivity index (χ3n) is 7.84. The van der Waals surface area contributed by atoms with Crippen LogP contribution in [0.25, 0.3) is 11.1 Å². The molecule has 5 rings (SSSR count). The molecule has 2 aromatic heterocycles. The molecule has 200 valence electrons. The first-order valence-electron chi connectivity index (χ1n) is 12.8. The third kappa shape index (κ3) is 4.54. The minimum absolute atomic E-state index is 0.0546. The number of aryl methyl sites for hydroxylation is 1. The molecule has 0 aliphatic carbocycles. The molecule has 0 bridgehead atoms. The van der Waals surface area contributed by atoms with Gasteiger partial charge in [0.1, 0.15) is 11.5 Å². The summed E-state index contributed by atoms with van der Waals surface area (Å²) in [5.74, 6) is -2.61. The van der Waals surface area contributed by atoms with E-state index in [0.29, 0.717) is 31.3 Å². The van der Waals surface area contributed by atoms with E-state index in [0.717, 1.165) is 35.6 Å². The Balaban J connectivity index is 1.49. The van der Waals surface area contributed by atoms with Crippen molar-refractivity contribution in [1.29, 1.82) is 0 Å². The van der Waals surface area contributed by atoms with Crippen molar-refractivity contribution < 1.29 is 23.4 Å². The van der Waals surface area contributed by atoms with Crippen LogP contribution in [-0.4, -0.2) is 40.7 Å². The van der Waals surface area contributed by atoms with Gasteiger partial charge in [0.2, 0.25) is 5.91 Å². The number of hydrogen-bond acceptors (Lipinski definition) is 6. The molecule has 1 aromatic carbocycles. The number of pyridine rings is 2. The zero-order valence-corrected chi connectivity index (χ0v) is 22.0. The Morgan fingerprint density at radius 3 is 2.79 bits per heavy atom. The molecule has 0 radical (unpaired) electrons. The molecule has 0 spiro atoms. The first-order valence-corrected chi connectivity index (χ1v) is 12.8. The molecule has 2 N–H and O–H groups in total. The van der Waals surface area contributed by atoms with Gasteiger partial charge in [0.15, 0.2) is 6.23 Å². The second kappa shape index (κ2) is 9.71. The van der Waals surface area contributed by atoms with Gasteiger partial charge in [-0.05, 0) is 61.7 Å². The summed E-state index contributed by atoms with van der Waals surface area (Å²) in [6.45, 7) is 8.35. The van der Waals surface area contributed by atoms with Crippen molar-refractivity contribution in [1.82, 2.24) is 9.97 Å². The fourth-order valence-corrected chi connectivity index (χ4v) is 5.47. The molecule has 1 amide bonds. The monoisotopic (exact) mass is 522 g/mol. The molecule has 9 heteroatoms. The van der Waals surface area contributed by atoms with E-state index in [4.69, 9.17) is 9.72 Å². The van der Waals surface area contributed by atoms with Crippen LogP contribution in [0, 0.1) is 12.8 Å². The number of anilines is 2. The first-order chi connectivity index (χ1) is 18.0. The molecule has 3 unspecified atom stereocenters. The minimum atomic E-state index is -3.11. The molecular weight excluding hydrogens is 490 g/mol. The van der Waals surface area contributed by atoms with Crippen molar-refractivity contribution in [2.24, 2.45) is 5.92 Å². The highest BCUT2D eigenvalue weighted by molar-refractivity contribution is 5.99. The lowest BCUT2D eigenvalue weighted by Gasteiger charge is -2.47. The van der Waals surface area contributed by atoms with Crippen LogP contribution in [-0.2, 0) is 20.9 Å². The fraction of sp³-hybridized carbons (Fsp3) is 0.414. The Hall–Kier alpha value is -3.43. The second-order valence-electron chi connectivity index (χ2n) is 10.4. The van der Waals surface area contributed by atoms with Gasteiger partial charge in [0.05, 0.1) is 12.5 Å². The number of fused-ring (bicyclic) bond motifs is 3. The summed E-state index contributed by atoms with van der Waals surface area (Å²) >= 11 is 0. The van der Waals surface area contributed by atoms with Gasteiger partial charge < -0.3 is 15.2 Å². The minimum Gasteiger partial charge on any atom is -0.381 e. The average molecular weight is 523 g/mol. The topological polar surface area (TPSA) is 87.6 Å². The second-order valence-corrected chi connectivity index (χ2v) is 10.4. The molecule has 3 atom stereocenters. The van der Waals surface area contributed by atoms with Crippen molar-refractivity contribution in [2.75, 3.05) is 30.0 Å². The number of hydrogen-bond donors (Lipinski definition) is 2. The third-order valence-corrected chi connectivity index (χ3v) is 7.84. The molecule has 2 aliphatic rings. The van der Waals surface area contributed by atoms with Crippen molar-refractivity contribution in [3.63, 3.8) is 0 Å². The molecule has 3 aromatic rings. The van der Waals surface area contributed by atoms with Gasteiger partial charge in [0.25, 0.3) is 5.92 Å². The average Bonchev–Trinajstić information content (AvgIpc) is 2.89. The van der Waals surface area contributed by atoms with Gasteiger partial charge in [-0.15, -0.1) is 0 Å². The van der Waals surface area contributed by atoms with Gasteiger partial charge in [-0.2, -0.15) is 8.78 Å². The molecule has 38 heavy (non-hydrogen) atoms. The number of carbonyl (C=O) groups excluding carboxylic acids is 1. The first kappa shape index (κ1) is 26.2. The summed E-state index contributed by atoms with van der Waals surface area (Å²) in [6.07, 6.45) is 2.57. The Labute approximate surface area is 220 Å². The number of ether oxygens (including phenoxy) is 1.